The van der Waals surface area contributed by atoms with E-state index in [2.05, 4.69) is 97.1 Å². The summed E-state index contributed by atoms with van der Waals surface area (Å²) in [6.07, 6.45) is 0. The highest BCUT2D eigenvalue weighted by Crippen LogP contribution is 2.41. The van der Waals surface area contributed by atoms with Crippen LogP contribution in [-0.4, -0.2) is 15.0 Å². The molecule has 0 saturated carbocycles. The average Bonchev–Trinajstić information content (AvgIpc) is 3.96. The Morgan fingerprint density at radius 3 is 1.51 bits per heavy atom. The Morgan fingerprint density at radius 1 is 0.263 bits per heavy atom. The number of benzene rings is 8. The van der Waals surface area contributed by atoms with E-state index in [1.165, 1.54) is 0 Å². The largest absolute Gasteiger partial charge is 0.456 e. The lowest BCUT2D eigenvalue weighted by Gasteiger charge is -2.10. The minimum atomic E-state index is 0.577. The van der Waals surface area contributed by atoms with E-state index < -0.39 is 0 Å². The molecule has 12 aromatic rings. The van der Waals surface area contributed by atoms with Crippen LogP contribution >= 0.6 is 0 Å². The van der Waals surface area contributed by atoms with Crippen LogP contribution in [0, 0.1) is 0 Å². The van der Waals surface area contributed by atoms with Gasteiger partial charge in [0.2, 0.25) is 0 Å². The van der Waals surface area contributed by atoms with Gasteiger partial charge in [-0.25, -0.2) is 15.0 Å². The molecule has 0 radical (unpaired) electrons. The summed E-state index contributed by atoms with van der Waals surface area (Å²) in [4.78, 5) is 15.1. The highest BCUT2D eigenvalue weighted by molar-refractivity contribution is 6.17. The molecule has 0 bridgehead atoms. The summed E-state index contributed by atoms with van der Waals surface area (Å²) < 4.78 is 19.0. The van der Waals surface area contributed by atoms with Crippen molar-refractivity contribution in [3.05, 3.63) is 176 Å². The van der Waals surface area contributed by atoms with Gasteiger partial charge in [0.05, 0.1) is 0 Å². The number of rotatable bonds is 5. The van der Waals surface area contributed by atoms with Crippen LogP contribution in [0.4, 0.5) is 0 Å². The van der Waals surface area contributed by atoms with E-state index in [0.29, 0.717) is 17.5 Å². The van der Waals surface area contributed by atoms with Gasteiger partial charge >= 0.3 is 0 Å². The number of furan rings is 3. The SMILES string of the molecule is c1ccc(-c2nc(-c3cccc(-c4cccc(-c5cccc6c5oc5cc7oc8ccccc8c7cc56)c4)c3)nc(-c3ccc4c(c3)oc3ccccc34)n2)cc1. The molecule has 4 aromatic heterocycles. The van der Waals surface area contributed by atoms with E-state index in [9.17, 15) is 0 Å². The zero-order valence-electron chi connectivity index (χ0n) is 30.3. The number of fused-ring (bicyclic) bond motifs is 9. The first kappa shape index (κ1) is 31.5. The molecule has 0 atom stereocenters. The molecule has 0 saturated heterocycles. The lowest BCUT2D eigenvalue weighted by molar-refractivity contribution is 0.656. The lowest BCUT2D eigenvalue weighted by Crippen LogP contribution is -2.00. The van der Waals surface area contributed by atoms with Gasteiger partial charge in [0.1, 0.15) is 33.5 Å². The number of para-hydroxylation sites is 3. The van der Waals surface area contributed by atoms with Crippen molar-refractivity contribution in [1.82, 2.24) is 15.0 Å². The molecular formula is C51H29N3O3. The summed E-state index contributed by atoms with van der Waals surface area (Å²) in [5.41, 5.74) is 11.9. The zero-order chi connectivity index (χ0) is 37.5. The molecule has 0 aliphatic carbocycles. The molecule has 0 spiro atoms. The summed E-state index contributed by atoms with van der Waals surface area (Å²) in [5.74, 6) is 1.77. The maximum Gasteiger partial charge on any atom is 0.164 e. The fourth-order valence-electron chi connectivity index (χ4n) is 8.16. The predicted octanol–water partition coefficient (Wildman–Crippen LogP) is 13.9. The topological polar surface area (TPSA) is 78.1 Å². The van der Waals surface area contributed by atoms with Crippen LogP contribution in [0.5, 0.6) is 0 Å². The Labute approximate surface area is 325 Å². The number of hydrogen-bond acceptors (Lipinski definition) is 6. The first-order valence-electron chi connectivity index (χ1n) is 18.9. The lowest BCUT2D eigenvalue weighted by atomic mass is 9.96. The van der Waals surface area contributed by atoms with Gasteiger partial charge in [-0.3, -0.25) is 0 Å². The summed E-state index contributed by atoms with van der Waals surface area (Å²) in [6, 6.07) is 60.0. The zero-order valence-corrected chi connectivity index (χ0v) is 30.3. The van der Waals surface area contributed by atoms with E-state index >= 15 is 0 Å². The van der Waals surface area contributed by atoms with Gasteiger partial charge in [-0.2, -0.15) is 0 Å². The van der Waals surface area contributed by atoms with Crippen molar-refractivity contribution < 1.29 is 13.3 Å². The molecular weight excluding hydrogens is 703 g/mol. The van der Waals surface area contributed by atoms with Crippen molar-refractivity contribution >= 4 is 65.8 Å². The van der Waals surface area contributed by atoms with Crippen LogP contribution in [0.15, 0.2) is 189 Å². The van der Waals surface area contributed by atoms with Crippen molar-refractivity contribution in [2.24, 2.45) is 0 Å². The van der Waals surface area contributed by atoms with Crippen molar-refractivity contribution in [3.63, 3.8) is 0 Å². The van der Waals surface area contributed by atoms with Crippen LogP contribution in [0.3, 0.4) is 0 Å². The highest BCUT2D eigenvalue weighted by atomic mass is 16.3. The molecule has 6 nitrogen and oxygen atoms in total. The number of nitrogens with zero attached hydrogens (tertiary/aromatic N) is 3. The normalized spacial score (nSPS) is 11.9. The second-order valence-corrected chi connectivity index (χ2v) is 14.4. The fraction of sp³-hybridized carbons (Fsp3) is 0. The van der Waals surface area contributed by atoms with E-state index in [4.69, 9.17) is 28.2 Å². The molecule has 0 fully saturated rings. The van der Waals surface area contributed by atoms with Crippen LogP contribution in [-0.2, 0) is 0 Å². The smallest absolute Gasteiger partial charge is 0.164 e. The summed E-state index contributed by atoms with van der Waals surface area (Å²) in [6.45, 7) is 0. The second-order valence-electron chi connectivity index (χ2n) is 14.4. The average molecular weight is 732 g/mol. The predicted molar refractivity (Wildman–Crippen MR) is 229 cm³/mol. The Morgan fingerprint density at radius 2 is 0.754 bits per heavy atom. The third kappa shape index (κ3) is 5.15. The standard InChI is InChI=1S/C51H29N3O3/c1-2-11-30(12-3-1)49-52-50(54-51(53-49)35-23-24-39-37-17-4-6-21-43(37)55-45(39)27-35)34-16-9-14-32(26-34)31-13-8-15-33(25-31)36-19-10-20-40-42-28-41-38-18-5-7-22-44(38)56-46(41)29-47(42)57-48(36)40/h1-29H. The molecule has 0 unspecified atom stereocenters. The van der Waals surface area contributed by atoms with Crippen LogP contribution in [0.2, 0.25) is 0 Å². The van der Waals surface area contributed by atoms with Crippen molar-refractivity contribution in [3.8, 4) is 56.4 Å². The molecule has 0 aliphatic heterocycles. The molecule has 4 heterocycles. The molecule has 6 heteroatoms. The minimum Gasteiger partial charge on any atom is -0.456 e. The van der Waals surface area contributed by atoms with E-state index in [1.54, 1.807) is 0 Å². The molecule has 57 heavy (non-hydrogen) atoms. The van der Waals surface area contributed by atoms with Gasteiger partial charge < -0.3 is 13.3 Å². The molecule has 12 rings (SSSR count). The quantitative estimate of drug-likeness (QED) is 0.175. The summed E-state index contributed by atoms with van der Waals surface area (Å²) in [5, 5.41) is 6.47. The summed E-state index contributed by atoms with van der Waals surface area (Å²) >= 11 is 0. The molecule has 8 aromatic carbocycles. The Bertz CT molecular complexity index is 3540. The Hall–Kier alpha value is -7.83. The van der Waals surface area contributed by atoms with Gasteiger partial charge in [-0.1, -0.05) is 127 Å². The first-order valence-corrected chi connectivity index (χ1v) is 18.9. The second kappa shape index (κ2) is 12.3. The van der Waals surface area contributed by atoms with Crippen LogP contribution in [0.1, 0.15) is 0 Å². The number of hydrogen-bond donors (Lipinski definition) is 0. The van der Waals surface area contributed by atoms with Crippen LogP contribution < -0.4 is 0 Å². The first-order chi connectivity index (χ1) is 28.2. The van der Waals surface area contributed by atoms with Gasteiger partial charge in [0, 0.05) is 60.6 Å². The molecule has 266 valence electrons. The maximum absolute atomic E-state index is 6.61. The maximum atomic E-state index is 6.61. The van der Waals surface area contributed by atoms with Crippen molar-refractivity contribution in [1.29, 1.82) is 0 Å². The monoisotopic (exact) mass is 731 g/mol. The minimum absolute atomic E-state index is 0.577. The molecule has 0 N–H and O–H groups in total. The van der Waals surface area contributed by atoms with E-state index in [0.717, 1.165) is 105 Å². The van der Waals surface area contributed by atoms with Crippen LogP contribution in [0.25, 0.3) is 122 Å². The van der Waals surface area contributed by atoms with Gasteiger partial charge in [0.15, 0.2) is 17.5 Å². The van der Waals surface area contributed by atoms with E-state index in [1.807, 2.05) is 78.9 Å². The highest BCUT2D eigenvalue weighted by Gasteiger charge is 2.18. The van der Waals surface area contributed by atoms with Crippen molar-refractivity contribution in [2.45, 2.75) is 0 Å². The van der Waals surface area contributed by atoms with Gasteiger partial charge in [-0.15, -0.1) is 0 Å². The number of aromatic nitrogens is 3. The van der Waals surface area contributed by atoms with Gasteiger partial charge in [0.25, 0.3) is 0 Å². The Balaban J connectivity index is 0.950. The third-order valence-corrected chi connectivity index (χ3v) is 10.9. The molecule has 0 aliphatic rings. The third-order valence-electron chi connectivity index (χ3n) is 10.9. The summed E-state index contributed by atoms with van der Waals surface area (Å²) in [7, 11) is 0. The van der Waals surface area contributed by atoms with Crippen molar-refractivity contribution in [2.75, 3.05) is 0 Å². The Kier molecular flexibility index (Phi) is 6.83. The van der Waals surface area contributed by atoms with Gasteiger partial charge in [-0.05, 0) is 59.2 Å². The molecule has 0 amide bonds. The van der Waals surface area contributed by atoms with E-state index in [-0.39, 0.29) is 0 Å². The fourth-order valence-corrected chi connectivity index (χ4v) is 8.16.